The van der Waals surface area contributed by atoms with Gasteiger partial charge in [-0.25, -0.2) is 0 Å². The first-order valence-electron chi connectivity index (χ1n) is 4.18. The topological polar surface area (TPSA) is 29.5 Å². The van der Waals surface area contributed by atoms with Crippen molar-refractivity contribution < 1.29 is 9.84 Å². The van der Waals surface area contributed by atoms with E-state index in [0.29, 0.717) is 11.6 Å². The average molecular weight is 201 g/mol. The van der Waals surface area contributed by atoms with Crippen molar-refractivity contribution >= 4 is 11.6 Å². The molecule has 0 aliphatic heterocycles. The van der Waals surface area contributed by atoms with Crippen LogP contribution in [0, 0.1) is 0 Å². The van der Waals surface area contributed by atoms with Crippen molar-refractivity contribution in [1.82, 2.24) is 0 Å². The molecule has 0 saturated heterocycles. The summed E-state index contributed by atoms with van der Waals surface area (Å²) in [5, 5.41) is 9.65. The van der Waals surface area contributed by atoms with Crippen molar-refractivity contribution in [3.8, 4) is 5.75 Å². The van der Waals surface area contributed by atoms with Crippen molar-refractivity contribution in [2.75, 3.05) is 0 Å². The first-order chi connectivity index (χ1) is 6.09. The van der Waals surface area contributed by atoms with E-state index in [-0.39, 0.29) is 11.9 Å². The zero-order valence-corrected chi connectivity index (χ0v) is 8.51. The van der Waals surface area contributed by atoms with Gasteiger partial charge in [0.25, 0.3) is 0 Å². The molecule has 0 aromatic heterocycles. The summed E-state index contributed by atoms with van der Waals surface area (Å²) >= 11 is 5.65. The van der Waals surface area contributed by atoms with Crippen LogP contribution >= 0.6 is 11.6 Å². The predicted octanol–water partition coefficient (Wildman–Crippen LogP) is 2.97. The zero-order valence-electron chi connectivity index (χ0n) is 7.75. The summed E-state index contributed by atoms with van der Waals surface area (Å²) in [6, 6.07) is 5.12. The lowest BCUT2D eigenvalue weighted by molar-refractivity contribution is 0.0656. The maximum atomic E-state index is 9.28. The van der Waals surface area contributed by atoms with Gasteiger partial charge in [-0.3, -0.25) is 0 Å². The molecule has 72 valence electrons. The Morgan fingerprint density at radius 2 is 2.15 bits per heavy atom. The largest absolute Gasteiger partial charge is 0.506 e. The molecule has 1 rings (SSSR count). The normalized spacial score (nSPS) is 10.8. The zero-order chi connectivity index (χ0) is 9.84. The smallest absolute Gasteiger partial charge is 0.134 e. The Morgan fingerprint density at radius 3 is 2.69 bits per heavy atom. The number of rotatable bonds is 3. The number of ether oxygens (including phenoxy) is 1. The minimum Gasteiger partial charge on any atom is -0.506 e. The van der Waals surface area contributed by atoms with Crippen molar-refractivity contribution in [3.63, 3.8) is 0 Å². The van der Waals surface area contributed by atoms with E-state index in [1.807, 2.05) is 19.9 Å². The van der Waals surface area contributed by atoms with Gasteiger partial charge in [-0.2, -0.15) is 0 Å². The molecule has 2 nitrogen and oxygen atoms in total. The van der Waals surface area contributed by atoms with Crippen LogP contribution < -0.4 is 0 Å². The molecule has 0 saturated carbocycles. The molecule has 0 aliphatic carbocycles. The van der Waals surface area contributed by atoms with E-state index in [9.17, 15) is 5.11 Å². The van der Waals surface area contributed by atoms with E-state index < -0.39 is 0 Å². The Kier molecular flexibility index (Phi) is 3.58. The van der Waals surface area contributed by atoms with Gasteiger partial charge in [0.15, 0.2) is 0 Å². The molecule has 0 fully saturated rings. The van der Waals surface area contributed by atoms with Crippen molar-refractivity contribution in [2.24, 2.45) is 0 Å². The van der Waals surface area contributed by atoms with Gasteiger partial charge in [-0.15, -0.1) is 0 Å². The van der Waals surface area contributed by atoms with Crippen molar-refractivity contribution in [2.45, 2.75) is 26.6 Å². The van der Waals surface area contributed by atoms with Gasteiger partial charge < -0.3 is 9.84 Å². The molecule has 0 atom stereocenters. The third-order valence-electron chi connectivity index (χ3n) is 1.59. The summed E-state index contributed by atoms with van der Waals surface area (Å²) in [4.78, 5) is 0. The highest BCUT2D eigenvalue weighted by Gasteiger charge is 2.00. The second kappa shape index (κ2) is 4.49. The number of aromatic hydroxyl groups is 1. The van der Waals surface area contributed by atoms with Crippen molar-refractivity contribution in [1.29, 1.82) is 0 Å². The standard InChI is InChI=1S/C10H13ClO2/c1-7(2)13-6-8-3-4-9(11)10(12)5-8/h3-5,7,12H,6H2,1-2H3. The van der Waals surface area contributed by atoms with Crippen LogP contribution in [0.5, 0.6) is 5.75 Å². The summed E-state index contributed by atoms with van der Waals surface area (Å²) < 4.78 is 5.37. The van der Waals surface area contributed by atoms with Gasteiger partial charge >= 0.3 is 0 Å². The van der Waals surface area contributed by atoms with Crippen LogP contribution in [-0.2, 0) is 11.3 Å². The van der Waals surface area contributed by atoms with Crippen molar-refractivity contribution in [3.05, 3.63) is 28.8 Å². The van der Waals surface area contributed by atoms with Gasteiger partial charge in [0, 0.05) is 0 Å². The minimum absolute atomic E-state index is 0.103. The lowest BCUT2D eigenvalue weighted by Crippen LogP contribution is -2.01. The first kappa shape index (κ1) is 10.4. The summed E-state index contributed by atoms with van der Waals surface area (Å²) in [7, 11) is 0. The Balaban J connectivity index is 2.63. The van der Waals surface area contributed by atoms with E-state index in [4.69, 9.17) is 16.3 Å². The maximum Gasteiger partial charge on any atom is 0.134 e. The quantitative estimate of drug-likeness (QED) is 0.813. The third kappa shape index (κ3) is 3.25. The lowest BCUT2D eigenvalue weighted by Gasteiger charge is -2.07. The summed E-state index contributed by atoms with van der Waals surface area (Å²) in [5.74, 6) is 0.103. The molecule has 1 aromatic carbocycles. The molecule has 0 aliphatic rings. The van der Waals surface area contributed by atoms with Gasteiger partial charge in [-0.05, 0) is 31.5 Å². The summed E-state index contributed by atoms with van der Waals surface area (Å²) in [6.45, 7) is 4.44. The van der Waals surface area contributed by atoms with Crippen LogP contribution in [0.4, 0.5) is 0 Å². The van der Waals surface area contributed by atoms with Gasteiger partial charge in [0.05, 0.1) is 17.7 Å². The van der Waals surface area contributed by atoms with Crippen LogP contribution in [-0.4, -0.2) is 11.2 Å². The number of halogens is 1. The Morgan fingerprint density at radius 1 is 1.46 bits per heavy atom. The highest BCUT2D eigenvalue weighted by Crippen LogP contribution is 2.23. The van der Waals surface area contributed by atoms with Crippen LogP contribution in [0.1, 0.15) is 19.4 Å². The molecule has 3 heteroatoms. The van der Waals surface area contributed by atoms with Crippen LogP contribution in [0.15, 0.2) is 18.2 Å². The second-order valence-electron chi connectivity index (χ2n) is 3.15. The van der Waals surface area contributed by atoms with E-state index in [1.54, 1.807) is 12.1 Å². The molecule has 0 unspecified atom stereocenters. The highest BCUT2D eigenvalue weighted by atomic mass is 35.5. The molecule has 1 N–H and O–H groups in total. The number of phenols is 1. The Bertz CT molecular complexity index is 284. The maximum absolute atomic E-state index is 9.28. The molecular weight excluding hydrogens is 188 g/mol. The van der Waals surface area contributed by atoms with Gasteiger partial charge in [-0.1, -0.05) is 17.7 Å². The second-order valence-corrected chi connectivity index (χ2v) is 3.55. The summed E-state index contributed by atoms with van der Waals surface area (Å²) in [5.41, 5.74) is 0.926. The number of phenolic OH excluding ortho intramolecular Hbond substituents is 1. The molecule has 13 heavy (non-hydrogen) atoms. The fourth-order valence-corrected chi connectivity index (χ4v) is 1.03. The number of hydrogen-bond donors (Lipinski definition) is 1. The van der Waals surface area contributed by atoms with Crippen LogP contribution in [0.3, 0.4) is 0 Å². The lowest BCUT2D eigenvalue weighted by atomic mass is 10.2. The fourth-order valence-electron chi connectivity index (χ4n) is 0.911. The van der Waals surface area contributed by atoms with E-state index in [2.05, 4.69) is 0 Å². The molecule has 1 aromatic rings. The molecule has 0 amide bonds. The molecule has 0 bridgehead atoms. The Hall–Kier alpha value is -0.730. The predicted molar refractivity (Wildman–Crippen MR) is 53.0 cm³/mol. The first-order valence-corrected chi connectivity index (χ1v) is 4.56. The Labute approximate surface area is 83.1 Å². The number of hydrogen-bond acceptors (Lipinski definition) is 2. The molecular formula is C10H13ClO2. The molecule has 0 radical (unpaired) electrons. The van der Waals surface area contributed by atoms with Crippen LogP contribution in [0.25, 0.3) is 0 Å². The van der Waals surface area contributed by atoms with E-state index in [0.717, 1.165) is 5.56 Å². The monoisotopic (exact) mass is 200 g/mol. The average Bonchev–Trinajstić information content (AvgIpc) is 2.07. The fraction of sp³-hybridized carbons (Fsp3) is 0.400. The van der Waals surface area contributed by atoms with Crippen LogP contribution in [0.2, 0.25) is 5.02 Å². The van der Waals surface area contributed by atoms with E-state index in [1.165, 1.54) is 0 Å². The van der Waals surface area contributed by atoms with E-state index >= 15 is 0 Å². The highest BCUT2D eigenvalue weighted by molar-refractivity contribution is 6.31. The minimum atomic E-state index is 0.103. The number of benzene rings is 1. The SMILES string of the molecule is CC(C)OCc1ccc(Cl)c(O)c1. The molecule has 0 spiro atoms. The van der Waals surface area contributed by atoms with Gasteiger partial charge in [0.2, 0.25) is 0 Å². The summed E-state index contributed by atoms with van der Waals surface area (Å²) in [6.07, 6.45) is 0.192. The van der Waals surface area contributed by atoms with Gasteiger partial charge in [0.1, 0.15) is 5.75 Å². The molecule has 0 heterocycles. The third-order valence-corrected chi connectivity index (χ3v) is 1.91.